The van der Waals surface area contributed by atoms with Gasteiger partial charge in [0.25, 0.3) is 5.91 Å². The number of primary amides is 1. The number of amides is 2. The Hall–Kier alpha value is -2.21. The molecule has 122 valence electrons. The summed E-state index contributed by atoms with van der Waals surface area (Å²) < 4.78 is 0. The van der Waals surface area contributed by atoms with E-state index in [0.29, 0.717) is 16.1 Å². The van der Waals surface area contributed by atoms with Crippen LogP contribution in [0, 0.1) is 6.92 Å². The van der Waals surface area contributed by atoms with E-state index in [2.05, 4.69) is 17.2 Å². The molecule has 1 aromatic carbocycles. The number of aromatic nitrogens is 1. The molecule has 0 spiro atoms. The maximum atomic E-state index is 12.5. The first-order valence-corrected chi connectivity index (χ1v) is 8.46. The number of nitrogens with two attached hydrogens (primary N) is 1. The monoisotopic (exact) mass is 331 g/mol. The fraction of sp³-hybridized carbons (Fsp3) is 0.353. The second kappa shape index (κ2) is 7.87. The van der Waals surface area contributed by atoms with Gasteiger partial charge in [0.1, 0.15) is 10.9 Å². The Bertz CT molecular complexity index is 682. The largest absolute Gasteiger partial charge is 0.368 e. The second-order valence-electron chi connectivity index (χ2n) is 5.35. The average molecular weight is 331 g/mol. The summed E-state index contributed by atoms with van der Waals surface area (Å²) in [5.41, 5.74) is 6.80. The van der Waals surface area contributed by atoms with Crippen LogP contribution in [0.25, 0.3) is 0 Å². The number of rotatable bonds is 7. The Kier molecular flexibility index (Phi) is 5.87. The molecule has 2 rings (SSSR count). The number of nitrogens with zero attached hydrogens (tertiary/aromatic N) is 1. The van der Waals surface area contributed by atoms with Crippen molar-refractivity contribution < 1.29 is 9.59 Å². The second-order valence-corrected chi connectivity index (χ2v) is 6.43. The van der Waals surface area contributed by atoms with E-state index in [-0.39, 0.29) is 5.91 Å². The van der Waals surface area contributed by atoms with Gasteiger partial charge in [-0.15, -0.1) is 11.3 Å². The molecular weight excluding hydrogens is 310 g/mol. The zero-order valence-electron chi connectivity index (χ0n) is 13.3. The maximum Gasteiger partial charge on any atom is 0.264 e. The minimum Gasteiger partial charge on any atom is -0.368 e. The first-order valence-electron chi connectivity index (χ1n) is 7.64. The van der Waals surface area contributed by atoms with Crippen molar-refractivity contribution in [1.29, 1.82) is 0 Å². The summed E-state index contributed by atoms with van der Waals surface area (Å²) in [6, 6.07) is 8.14. The Morgan fingerprint density at radius 1 is 1.30 bits per heavy atom. The minimum atomic E-state index is -0.843. The summed E-state index contributed by atoms with van der Waals surface area (Å²) in [4.78, 5) is 29.2. The van der Waals surface area contributed by atoms with Crippen molar-refractivity contribution in [2.75, 3.05) is 0 Å². The highest BCUT2D eigenvalue weighted by atomic mass is 32.1. The van der Waals surface area contributed by atoms with E-state index < -0.39 is 11.9 Å². The lowest BCUT2D eigenvalue weighted by Crippen LogP contribution is -2.37. The number of carbonyl (C=O) groups excluding carboxylic acids is 2. The van der Waals surface area contributed by atoms with Gasteiger partial charge >= 0.3 is 0 Å². The molecule has 0 saturated carbocycles. The highest BCUT2D eigenvalue weighted by Crippen LogP contribution is 2.21. The number of thiazole rings is 1. The molecule has 0 fully saturated rings. The molecule has 5 nitrogen and oxygen atoms in total. The van der Waals surface area contributed by atoms with Gasteiger partial charge in [0.05, 0.1) is 10.7 Å². The summed E-state index contributed by atoms with van der Waals surface area (Å²) in [7, 11) is 0. The number of unbranched alkanes of at least 4 members (excludes halogenated alkanes) is 1. The third-order valence-corrected chi connectivity index (χ3v) is 4.70. The Morgan fingerprint density at radius 2 is 2.00 bits per heavy atom. The summed E-state index contributed by atoms with van der Waals surface area (Å²) >= 11 is 1.38. The van der Waals surface area contributed by atoms with E-state index >= 15 is 0 Å². The number of nitrogens with one attached hydrogen (secondary N) is 1. The van der Waals surface area contributed by atoms with E-state index in [9.17, 15) is 9.59 Å². The van der Waals surface area contributed by atoms with Crippen LogP contribution in [0.15, 0.2) is 30.3 Å². The summed E-state index contributed by atoms with van der Waals surface area (Å²) in [6.45, 7) is 3.92. The zero-order valence-corrected chi connectivity index (χ0v) is 14.2. The van der Waals surface area contributed by atoms with E-state index in [0.717, 1.165) is 24.3 Å². The predicted octanol–water partition coefficient (Wildman–Crippen LogP) is 2.75. The molecule has 0 saturated heterocycles. The molecule has 0 radical (unpaired) electrons. The SMILES string of the molecule is CCCCc1nc(C)c(C(=O)N[C@@H](C(N)=O)c2ccccc2)s1. The normalized spacial score (nSPS) is 11.9. The quantitative estimate of drug-likeness (QED) is 0.818. The van der Waals surface area contributed by atoms with Crippen molar-refractivity contribution in [3.05, 3.63) is 51.5 Å². The molecule has 3 N–H and O–H groups in total. The molecule has 0 bridgehead atoms. The molecular formula is C17H21N3O2S. The van der Waals surface area contributed by atoms with E-state index in [1.54, 1.807) is 24.3 Å². The van der Waals surface area contributed by atoms with Gasteiger partial charge in [0.2, 0.25) is 5.91 Å². The van der Waals surface area contributed by atoms with Crippen molar-refractivity contribution in [2.24, 2.45) is 5.73 Å². The van der Waals surface area contributed by atoms with Crippen LogP contribution in [0.5, 0.6) is 0 Å². The maximum absolute atomic E-state index is 12.5. The highest BCUT2D eigenvalue weighted by molar-refractivity contribution is 7.13. The molecule has 1 atom stereocenters. The Labute approximate surface area is 139 Å². The number of carbonyl (C=O) groups is 2. The van der Waals surface area contributed by atoms with Crippen molar-refractivity contribution in [2.45, 2.75) is 39.2 Å². The van der Waals surface area contributed by atoms with Crippen LogP contribution in [0.1, 0.15) is 51.7 Å². The van der Waals surface area contributed by atoms with Gasteiger partial charge in [-0.25, -0.2) is 4.98 Å². The Balaban J connectivity index is 2.16. The standard InChI is InChI=1S/C17H21N3O2S/c1-3-4-10-13-19-11(2)15(23-13)17(22)20-14(16(18)21)12-8-6-5-7-9-12/h5-9,14H,3-4,10H2,1-2H3,(H2,18,21)(H,20,22)/t14-/m1/s1. The van der Waals surface area contributed by atoms with Crippen LogP contribution in [0.2, 0.25) is 0 Å². The molecule has 2 aromatic rings. The topological polar surface area (TPSA) is 85.1 Å². The van der Waals surface area contributed by atoms with Crippen LogP contribution < -0.4 is 11.1 Å². The molecule has 23 heavy (non-hydrogen) atoms. The lowest BCUT2D eigenvalue weighted by Gasteiger charge is -2.15. The summed E-state index contributed by atoms with van der Waals surface area (Å²) in [6.07, 6.45) is 2.99. The molecule has 0 aliphatic carbocycles. The van der Waals surface area contributed by atoms with Gasteiger partial charge in [-0.2, -0.15) is 0 Å². The first kappa shape index (κ1) is 17.1. The zero-order chi connectivity index (χ0) is 16.8. The van der Waals surface area contributed by atoms with Crippen LogP contribution >= 0.6 is 11.3 Å². The van der Waals surface area contributed by atoms with Gasteiger partial charge in [0.15, 0.2) is 0 Å². The number of hydrogen-bond donors (Lipinski definition) is 2. The van der Waals surface area contributed by atoms with Crippen molar-refractivity contribution >= 4 is 23.2 Å². The highest BCUT2D eigenvalue weighted by Gasteiger charge is 2.23. The third kappa shape index (κ3) is 4.39. The Morgan fingerprint density at radius 3 is 2.61 bits per heavy atom. The van der Waals surface area contributed by atoms with Crippen LogP contribution in [0.4, 0.5) is 0 Å². The summed E-state index contributed by atoms with van der Waals surface area (Å²) in [5, 5.41) is 3.67. The number of aryl methyl sites for hydroxylation is 2. The van der Waals surface area contributed by atoms with Crippen molar-refractivity contribution in [3.63, 3.8) is 0 Å². The molecule has 0 aliphatic rings. The van der Waals surface area contributed by atoms with Crippen molar-refractivity contribution in [3.8, 4) is 0 Å². The average Bonchev–Trinajstić information content (AvgIpc) is 2.92. The fourth-order valence-corrected chi connectivity index (χ4v) is 3.27. The van der Waals surface area contributed by atoms with E-state index in [4.69, 9.17) is 5.73 Å². The first-order chi connectivity index (χ1) is 11.0. The minimum absolute atomic E-state index is 0.310. The van der Waals surface area contributed by atoms with Crippen molar-refractivity contribution in [1.82, 2.24) is 10.3 Å². The number of hydrogen-bond acceptors (Lipinski definition) is 4. The fourth-order valence-electron chi connectivity index (χ4n) is 2.26. The van der Waals surface area contributed by atoms with Gasteiger partial charge in [0, 0.05) is 0 Å². The van der Waals surface area contributed by atoms with E-state index in [1.165, 1.54) is 11.3 Å². The van der Waals surface area contributed by atoms with Crippen LogP contribution in [0.3, 0.4) is 0 Å². The third-order valence-electron chi connectivity index (χ3n) is 3.48. The lowest BCUT2D eigenvalue weighted by atomic mass is 10.1. The molecule has 2 amide bonds. The van der Waals surface area contributed by atoms with Gasteiger partial charge < -0.3 is 11.1 Å². The molecule has 0 unspecified atom stereocenters. The van der Waals surface area contributed by atoms with Gasteiger partial charge in [-0.1, -0.05) is 43.7 Å². The molecule has 1 heterocycles. The molecule has 6 heteroatoms. The molecule has 0 aliphatic heterocycles. The summed E-state index contributed by atoms with van der Waals surface area (Å²) in [5.74, 6) is -0.895. The number of benzene rings is 1. The predicted molar refractivity (Wildman–Crippen MR) is 91.3 cm³/mol. The van der Waals surface area contributed by atoms with Crippen LogP contribution in [-0.2, 0) is 11.2 Å². The molecule has 1 aromatic heterocycles. The van der Waals surface area contributed by atoms with Gasteiger partial charge in [-0.3, -0.25) is 9.59 Å². The van der Waals surface area contributed by atoms with Gasteiger partial charge in [-0.05, 0) is 25.3 Å². The van der Waals surface area contributed by atoms with E-state index in [1.807, 2.05) is 13.0 Å². The van der Waals surface area contributed by atoms with Crippen LogP contribution in [-0.4, -0.2) is 16.8 Å². The smallest absolute Gasteiger partial charge is 0.264 e. The lowest BCUT2D eigenvalue weighted by molar-refractivity contribution is -0.120.